The molecule has 0 saturated carbocycles. The van der Waals surface area contributed by atoms with E-state index in [-0.39, 0.29) is 22.6 Å². The van der Waals surface area contributed by atoms with E-state index in [9.17, 15) is 14.4 Å². The van der Waals surface area contributed by atoms with Crippen LogP contribution in [0, 0.1) is 0 Å². The van der Waals surface area contributed by atoms with Gasteiger partial charge in [-0.2, -0.15) is 0 Å². The highest BCUT2D eigenvalue weighted by Gasteiger charge is 2.18. The summed E-state index contributed by atoms with van der Waals surface area (Å²) < 4.78 is 9.62. The Balaban J connectivity index is 2.18. The number of ether oxygens (including phenoxy) is 2. The fraction of sp³-hybridized carbons (Fsp3) is 0. The minimum atomic E-state index is -1.27. The number of para-hydroxylation sites is 2. The van der Waals surface area contributed by atoms with Crippen molar-refractivity contribution in [2.45, 2.75) is 0 Å². The van der Waals surface area contributed by atoms with Crippen LogP contribution in [0.2, 0.25) is 0 Å². The van der Waals surface area contributed by atoms with Gasteiger partial charge in [0.15, 0.2) is 0 Å². The first-order valence-corrected chi connectivity index (χ1v) is 6.03. The van der Waals surface area contributed by atoms with Crippen LogP contribution < -0.4 is 9.47 Å². The number of carbonyl (C=O) groups excluding carboxylic acids is 1. The van der Waals surface area contributed by atoms with Crippen LogP contribution in [-0.4, -0.2) is 28.3 Å². The van der Waals surface area contributed by atoms with Crippen LogP contribution >= 0.6 is 0 Å². The minimum Gasteiger partial charge on any atom is -0.478 e. The van der Waals surface area contributed by atoms with Gasteiger partial charge in [-0.3, -0.25) is 0 Å². The van der Waals surface area contributed by atoms with Crippen LogP contribution in [0.1, 0.15) is 20.7 Å². The molecule has 0 atom stereocenters. The highest BCUT2D eigenvalue weighted by Crippen LogP contribution is 2.21. The maximum Gasteiger partial charge on any atom is 0.519 e. The lowest BCUT2D eigenvalue weighted by Gasteiger charge is -2.09. The van der Waals surface area contributed by atoms with Crippen molar-refractivity contribution < 1.29 is 34.1 Å². The lowest BCUT2D eigenvalue weighted by Crippen LogP contribution is -2.17. The van der Waals surface area contributed by atoms with Crippen molar-refractivity contribution >= 4 is 18.1 Å². The maximum atomic E-state index is 11.7. The average molecular weight is 302 g/mol. The van der Waals surface area contributed by atoms with Crippen LogP contribution in [0.5, 0.6) is 11.5 Å². The van der Waals surface area contributed by atoms with Crippen LogP contribution in [0.15, 0.2) is 48.5 Å². The molecular weight excluding hydrogens is 292 g/mol. The molecule has 7 nitrogen and oxygen atoms in total. The minimum absolute atomic E-state index is 0.201. The van der Waals surface area contributed by atoms with Gasteiger partial charge in [0.05, 0.1) is 0 Å². The third-order valence-corrected chi connectivity index (χ3v) is 2.62. The smallest absolute Gasteiger partial charge is 0.478 e. The summed E-state index contributed by atoms with van der Waals surface area (Å²) in [5, 5.41) is 18.0. The molecule has 0 heterocycles. The van der Waals surface area contributed by atoms with Gasteiger partial charge >= 0.3 is 18.1 Å². The van der Waals surface area contributed by atoms with Crippen molar-refractivity contribution in [3.05, 3.63) is 59.7 Å². The Bertz CT molecular complexity index is 675. The van der Waals surface area contributed by atoms with E-state index in [2.05, 4.69) is 0 Å². The predicted molar refractivity (Wildman–Crippen MR) is 73.5 cm³/mol. The second-order valence-electron chi connectivity index (χ2n) is 4.06. The molecule has 2 aromatic rings. The molecule has 0 bridgehead atoms. The maximum absolute atomic E-state index is 11.7. The fourth-order valence-electron chi connectivity index (χ4n) is 1.67. The van der Waals surface area contributed by atoms with Gasteiger partial charge in [0.25, 0.3) is 0 Å². The molecule has 2 rings (SSSR count). The highest BCUT2D eigenvalue weighted by atomic mass is 16.7. The summed E-state index contributed by atoms with van der Waals surface area (Å²) in [7, 11) is 0. The molecule has 2 aromatic carbocycles. The summed E-state index contributed by atoms with van der Waals surface area (Å²) in [5.41, 5.74) is -0.433. The number of benzene rings is 2. The Kier molecular flexibility index (Phi) is 4.38. The van der Waals surface area contributed by atoms with Crippen molar-refractivity contribution in [1.82, 2.24) is 0 Å². The van der Waals surface area contributed by atoms with E-state index >= 15 is 0 Å². The van der Waals surface area contributed by atoms with Gasteiger partial charge in [0.1, 0.15) is 22.6 Å². The molecule has 22 heavy (non-hydrogen) atoms. The summed E-state index contributed by atoms with van der Waals surface area (Å²) in [6, 6.07) is 11.0. The Morgan fingerprint density at radius 3 is 1.41 bits per heavy atom. The molecule has 7 heteroatoms. The Morgan fingerprint density at radius 2 is 1.05 bits per heavy atom. The van der Waals surface area contributed by atoms with E-state index in [0.29, 0.717) is 0 Å². The summed E-state index contributed by atoms with van der Waals surface area (Å²) in [6.07, 6.45) is -1.23. The Hall–Kier alpha value is -3.35. The van der Waals surface area contributed by atoms with Gasteiger partial charge in [0.2, 0.25) is 0 Å². The third-order valence-electron chi connectivity index (χ3n) is 2.62. The fourth-order valence-corrected chi connectivity index (χ4v) is 1.67. The first-order chi connectivity index (χ1) is 10.5. The van der Waals surface area contributed by atoms with Crippen LogP contribution in [0.3, 0.4) is 0 Å². The van der Waals surface area contributed by atoms with Crippen LogP contribution in [-0.2, 0) is 0 Å². The van der Waals surface area contributed by atoms with E-state index in [0.717, 1.165) is 0 Å². The van der Waals surface area contributed by atoms with Crippen LogP contribution in [0.25, 0.3) is 0 Å². The summed E-state index contributed by atoms with van der Waals surface area (Å²) >= 11 is 0. The van der Waals surface area contributed by atoms with Gasteiger partial charge in [-0.25, -0.2) is 14.4 Å². The third kappa shape index (κ3) is 3.40. The molecule has 0 unspecified atom stereocenters. The molecule has 0 aliphatic rings. The summed E-state index contributed by atoms with van der Waals surface area (Å²) in [6.45, 7) is 0. The van der Waals surface area contributed by atoms with Crippen molar-refractivity contribution in [3.8, 4) is 11.5 Å². The van der Waals surface area contributed by atoms with Gasteiger partial charge < -0.3 is 19.7 Å². The molecule has 0 fully saturated rings. The zero-order valence-corrected chi connectivity index (χ0v) is 11.1. The molecule has 112 valence electrons. The number of hydrogen-bond donors (Lipinski definition) is 2. The Labute approximate surface area is 124 Å². The number of aromatic carboxylic acids is 2. The van der Waals surface area contributed by atoms with E-state index < -0.39 is 18.1 Å². The topological polar surface area (TPSA) is 110 Å². The molecule has 2 N–H and O–H groups in total. The van der Waals surface area contributed by atoms with Gasteiger partial charge in [-0.15, -0.1) is 0 Å². The van der Waals surface area contributed by atoms with Gasteiger partial charge in [-0.1, -0.05) is 24.3 Å². The second kappa shape index (κ2) is 6.40. The summed E-state index contributed by atoms with van der Waals surface area (Å²) in [4.78, 5) is 33.7. The number of rotatable bonds is 4. The molecular formula is C15H10O7. The molecule has 0 saturated heterocycles. The van der Waals surface area contributed by atoms with Gasteiger partial charge in [-0.05, 0) is 24.3 Å². The lowest BCUT2D eigenvalue weighted by molar-refractivity contribution is 0.0684. The van der Waals surface area contributed by atoms with E-state index in [1.165, 1.54) is 48.5 Å². The molecule has 0 amide bonds. The number of hydrogen-bond acceptors (Lipinski definition) is 5. The van der Waals surface area contributed by atoms with Crippen molar-refractivity contribution in [2.75, 3.05) is 0 Å². The van der Waals surface area contributed by atoms with Crippen LogP contribution in [0.4, 0.5) is 4.79 Å². The number of carbonyl (C=O) groups is 3. The molecule has 0 aliphatic heterocycles. The molecule has 0 radical (unpaired) electrons. The Morgan fingerprint density at radius 1 is 0.682 bits per heavy atom. The second-order valence-corrected chi connectivity index (χ2v) is 4.06. The number of carboxylic acid groups (broad SMARTS) is 2. The zero-order chi connectivity index (χ0) is 16.1. The van der Waals surface area contributed by atoms with Crippen molar-refractivity contribution in [2.24, 2.45) is 0 Å². The quantitative estimate of drug-likeness (QED) is 0.659. The molecule has 0 spiro atoms. The standard InChI is InChI=1S/C15H10O7/c16-13(17)9-5-1-3-7-11(9)21-15(20)22-12-8-4-2-6-10(12)14(18)19/h1-8H,(H,16,17)(H,18,19). The predicted octanol–water partition coefficient (Wildman–Crippen LogP) is 2.66. The molecule has 0 aromatic heterocycles. The monoisotopic (exact) mass is 302 g/mol. The largest absolute Gasteiger partial charge is 0.519 e. The first kappa shape index (κ1) is 15.0. The van der Waals surface area contributed by atoms with E-state index in [1.54, 1.807) is 0 Å². The summed E-state index contributed by atoms with van der Waals surface area (Å²) in [5.74, 6) is -2.94. The SMILES string of the molecule is O=C(Oc1ccccc1C(=O)O)Oc1ccccc1C(=O)O. The van der Waals surface area contributed by atoms with Gasteiger partial charge in [0, 0.05) is 0 Å². The van der Waals surface area contributed by atoms with E-state index in [4.69, 9.17) is 19.7 Å². The normalized spacial score (nSPS) is 9.82. The zero-order valence-electron chi connectivity index (χ0n) is 11.1. The van der Waals surface area contributed by atoms with Crippen molar-refractivity contribution in [3.63, 3.8) is 0 Å². The highest BCUT2D eigenvalue weighted by molar-refractivity contribution is 5.93. The first-order valence-electron chi connectivity index (χ1n) is 6.03. The van der Waals surface area contributed by atoms with Crippen molar-refractivity contribution in [1.29, 1.82) is 0 Å². The number of carboxylic acids is 2. The van der Waals surface area contributed by atoms with E-state index in [1.807, 2.05) is 0 Å². The average Bonchev–Trinajstić information content (AvgIpc) is 2.47. The molecule has 0 aliphatic carbocycles. The lowest BCUT2D eigenvalue weighted by atomic mass is 10.2.